The summed E-state index contributed by atoms with van der Waals surface area (Å²) < 4.78 is 1.19. The fourth-order valence-electron chi connectivity index (χ4n) is 1.84. The summed E-state index contributed by atoms with van der Waals surface area (Å²) in [5, 5.41) is 12.7. The van der Waals surface area contributed by atoms with Crippen molar-refractivity contribution < 1.29 is 9.90 Å². The van der Waals surface area contributed by atoms with Crippen LogP contribution in [0, 0.1) is 6.92 Å². The van der Waals surface area contributed by atoms with Gasteiger partial charge in [0, 0.05) is 12.6 Å². The predicted octanol–water partition coefficient (Wildman–Crippen LogP) is 1.49. The van der Waals surface area contributed by atoms with Gasteiger partial charge in [-0.25, -0.2) is 9.48 Å². The van der Waals surface area contributed by atoms with Crippen molar-refractivity contribution in [3.63, 3.8) is 0 Å². The maximum atomic E-state index is 11.6. The van der Waals surface area contributed by atoms with Crippen molar-refractivity contribution >= 4 is 5.97 Å². The summed E-state index contributed by atoms with van der Waals surface area (Å²) in [6.45, 7) is 2.37. The number of aromatic nitrogens is 2. The lowest BCUT2D eigenvalue weighted by molar-refractivity contribution is 0.0687. The minimum absolute atomic E-state index is 0.121. The average Bonchev–Trinajstić information content (AvgIpc) is 2.39. The first-order valence-electron chi connectivity index (χ1n) is 5.94. The Bertz CT molecular complexity index is 662. The first kappa shape index (κ1) is 13.0. The van der Waals surface area contributed by atoms with Gasteiger partial charge in [-0.1, -0.05) is 24.3 Å². The monoisotopic (exact) mass is 258 g/mol. The number of rotatable bonds is 4. The summed E-state index contributed by atoms with van der Waals surface area (Å²) in [5.41, 5.74) is 1.85. The third-order valence-electron chi connectivity index (χ3n) is 2.94. The predicted molar refractivity (Wildman–Crippen MR) is 70.3 cm³/mol. The molecule has 0 aliphatic rings. The second-order valence-corrected chi connectivity index (χ2v) is 4.26. The van der Waals surface area contributed by atoms with E-state index in [9.17, 15) is 9.59 Å². The summed E-state index contributed by atoms with van der Waals surface area (Å²) in [4.78, 5) is 22.4. The molecular weight excluding hydrogens is 244 g/mol. The quantitative estimate of drug-likeness (QED) is 0.901. The highest BCUT2D eigenvalue weighted by molar-refractivity contribution is 5.84. The second-order valence-electron chi connectivity index (χ2n) is 4.26. The zero-order valence-corrected chi connectivity index (χ0v) is 10.5. The van der Waals surface area contributed by atoms with Crippen LogP contribution in [0.3, 0.4) is 0 Å². The van der Waals surface area contributed by atoms with Gasteiger partial charge in [0.25, 0.3) is 5.56 Å². The molecule has 0 radical (unpaired) electrons. The van der Waals surface area contributed by atoms with Crippen molar-refractivity contribution in [2.75, 3.05) is 0 Å². The Kier molecular flexibility index (Phi) is 3.75. The highest BCUT2D eigenvalue weighted by Crippen LogP contribution is 2.08. The molecule has 0 atom stereocenters. The van der Waals surface area contributed by atoms with Gasteiger partial charge < -0.3 is 5.11 Å². The van der Waals surface area contributed by atoms with E-state index >= 15 is 0 Å². The minimum atomic E-state index is -1.13. The topological polar surface area (TPSA) is 72.2 Å². The molecule has 0 amide bonds. The summed E-state index contributed by atoms with van der Waals surface area (Å²) in [7, 11) is 0. The zero-order chi connectivity index (χ0) is 13.8. The number of nitrogens with zero attached hydrogens (tertiary/aromatic N) is 2. The molecule has 1 aromatic heterocycles. The molecule has 5 heteroatoms. The van der Waals surface area contributed by atoms with Crippen LogP contribution in [-0.4, -0.2) is 20.9 Å². The molecule has 0 bridgehead atoms. The molecule has 0 unspecified atom stereocenters. The smallest absolute Gasteiger partial charge is 0.356 e. The molecule has 19 heavy (non-hydrogen) atoms. The number of hydrogen-bond acceptors (Lipinski definition) is 3. The molecule has 0 saturated carbocycles. The van der Waals surface area contributed by atoms with Gasteiger partial charge in [0.05, 0.1) is 0 Å². The Balaban J connectivity index is 2.20. The molecule has 1 aromatic carbocycles. The van der Waals surface area contributed by atoms with Gasteiger partial charge in [0.2, 0.25) is 0 Å². The number of hydrogen-bond donors (Lipinski definition) is 1. The summed E-state index contributed by atoms with van der Waals surface area (Å²) >= 11 is 0. The fraction of sp³-hybridized carbons (Fsp3) is 0.214. The van der Waals surface area contributed by atoms with Gasteiger partial charge in [0.15, 0.2) is 5.69 Å². The Morgan fingerprint density at radius 1 is 1.26 bits per heavy atom. The summed E-state index contributed by atoms with van der Waals surface area (Å²) in [5.74, 6) is -1.13. The van der Waals surface area contributed by atoms with Crippen LogP contribution in [0.5, 0.6) is 0 Å². The Hall–Kier alpha value is -2.43. The van der Waals surface area contributed by atoms with E-state index in [1.807, 2.05) is 31.2 Å². The van der Waals surface area contributed by atoms with Crippen molar-refractivity contribution in [2.45, 2.75) is 19.9 Å². The summed E-state index contributed by atoms with van der Waals surface area (Å²) in [6, 6.07) is 10.3. The normalized spacial score (nSPS) is 10.4. The highest BCUT2D eigenvalue weighted by atomic mass is 16.4. The third-order valence-corrected chi connectivity index (χ3v) is 2.94. The van der Waals surface area contributed by atoms with Crippen molar-refractivity contribution in [1.29, 1.82) is 0 Å². The van der Waals surface area contributed by atoms with Crippen LogP contribution in [-0.2, 0) is 13.0 Å². The molecular formula is C14H14N2O3. The van der Waals surface area contributed by atoms with Crippen LogP contribution in [0.1, 0.15) is 21.6 Å². The van der Waals surface area contributed by atoms with Gasteiger partial charge in [-0.3, -0.25) is 4.79 Å². The van der Waals surface area contributed by atoms with E-state index in [-0.39, 0.29) is 11.3 Å². The largest absolute Gasteiger partial charge is 0.476 e. The highest BCUT2D eigenvalue weighted by Gasteiger charge is 2.07. The van der Waals surface area contributed by atoms with Crippen molar-refractivity contribution in [3.8, 4) is 0 Å². The van der Waals surface area contributed by atoms with E-state index in [2.05, 4.69) is 5.10 Å². The standard InChI is InChI=1S/C14H14N2O3/c1-10-4-2-3-5-11(10)8-9-16-13(17)7-6-12(15-16)14(18)19/h2-7H,8-9H2,1H3,(H,18,19). The lowest BCUT2D eigenvalue weighted by Gasteiger charge is -2.07. The number of carboxylic acids is 1. The molecule has 2 rings (SSSR count). The minimum Gasteiger partial charge on any atom is -0.476 e. The molecule has 2 aromatic rings. The molecule has 98 valence electrons. The number of benzene rings is 1. The molecule has 1 N–H and O–H groups in total. The molecule has 0 aliphatic heterocycles. The Morgan fingerprint density at radius 2 is 2.00 bits per heavy atom. The second kappa shape index (κ2) is 5.48. The van der Waals surface area contributed by atoms with E-state index in [0.717, 1.165) is 11.1 Å². The van der Waals surface area contributed by atoms with Crippen molar-refractivity contribution in [2.24, 2.45) is 0 Å². The fourth-order valence-corrected chi connectivity index (χ4v) is 1.84. The van der Waals surface area contributed by atoms with E-state index in [0.29, 0.717) is 13.0 Å². The van der Waals surface area contributed by atoms with E-state index in [1.54, 1.807) is 0 Å². The van der Waals surface area contributed by atoms with Gasteiger partial charge in [0.1, 0.15) is 0 Å². The molecule has 1 heterocycles. The van der Waals surface area contributed by atoms with Crippen LogP contribution < -0.4 is 5.56 Å². The first-order chi connectivity index (χ1) is 9.08. The van der Waals surface area contributed by atoms with E-state index in [1.165, 1.54) is 16.8 Å². The van der Waals surface area contributed by atoms with Gasteiger partial charge in [-0.05, 0) is 30.5 Å². The van der Waals surface area contributed by atoms with E-state index in [4.69, 9.17) is 5.11 Å². The molecule has 5 nitrogen and oxygen atoms in total. The first-order valence-corrected chi connectivity index (χ1v) is 5.94. The Morgan fingerprint density at radius 3 is 2.68 bits per heavy atom. The van der Waals surface area contributed by atoms with Crippen molar-refractivity contribution in [1.82, 2.24) is 9.78 Å². The van der Waals surface area contributed by atoms with Crippen LogP contribution in [0.2, 0.25) is 0 Å². The lowest BCUT2D eigenvalue weighted by Crippen LogP contribution is -2.25. The molecule has 0 fully saturated rings. The van der Waals surface area contributed by atoms with Crippen LogP contribution in [0.4, 0.5) is 0 Å². The van der Waals surface area contributed by atoms with Crippen LogP contribution >= 0.6 is 0 Å². The zero-order valence-electron chi connectivity index (χ0n) is 10.5. The molecule has 0 aliphatic carbocycles. The maximum absolute atomic E-state index is 11.6. The van der Waals surface area contributed by atoms with Crippen LogP contribution in [0.15, 0.2) is 41.2 Å². The molecule has 0 saturated heterocycles. The number of carbonyl (C=O) groups is 1. The maximum Gasteiger partial charge on any atom is 0.356 e. The van der Waals surface area contributed by atoms with Gasteiger partial charge in [-0.15, -0.1) is 0 Å². The summed E-state index contributed by atoms with van der Waals surface area (Å²) in [6.07, 6.45) is 0.642. The molecule has 0 spiro atoms. The Labute approximate surface area is 110 Å². The van der Waals surface area contributed by atoms with Crippen molar-refractivity contribution in [3.05, 3.63) is 63.6 Å². The lowest BCUT2D eigenvalue weighted by atomic mass is 10.1. The average molecular weight is 258 g/mol. The van der Waals surface area contributed by atoms with Gasteiger partial charge in [-0.2, -0.15) is 5.10 Å². The number of aryl methyl sites for hydroxylation is 3. The SMILES string of the molecule is Cc1ccccc1CCn1nc(C(=O)O)ccc1=O. The number of aromatic carboxylic acids is 1. The number of carboxylic acid groups (broad SMARTS) is 1. The third kappa shape index (κ3) is 3.07. The van der Waals surface area contributed by atoms with Crippen LogP contribution in [0.25, 0.3) is 0 Å². The van der Waals surface area contributed by atoms with Gasteiger partial charge >= 0.3 is 5.97 Å². The van der Waals surface area contributed by atoms with E-state index < -0.39 is 5.97 Å².